The van der Waals surface area contributed by atoms with Crippen molar-refractivity contribution >= 4 is 0 Å². The largest absolute Gasteiger partial charge is 0.502 e. The zero-order valence-electron chi connectivity index (χ0n) is 9.59. The van der Waals surface area contributed by atoms with Gasteiger partial charge in [-0.15, -0.1) is 0 Å². The molecule has 2 rings (SSSR count). The van der Waals surface area contributed by atoms with Crippen molar-refractivity contribution in [3.8, 4) is 11.5 Å². The molecular weight excluding hydrogens is 228 g/mol. The number of benzene rings is 1. The molecule has 0 aromatic heterocycles. The van der Waals surface area contributed by atoms with Gasteiger partial charge in [-0.1, -0.05) is 0 Å². The number of phenolic OH excluding ortho intramolecular Hbond substituents is 1. The van der Waals surface area contributed by atoms with E-state index in [1.54, 1.807) is 0 Å². The van der Waals surface area contributed by atoms with Gasteiger partial charge in [-0.25, -0.2) is 8.78 Å². The Kier molecular flexibility index (Phi) is 3.19. The smallest absolute Gasteiger partial charge is 0.194 e. The molecule has 1 aliphatic rings. The maximum absolute atomic E-state index is 13.1. The summed E-state index contributed by atoms with van der Waals surface area (Å²) in [7, 11) is 0. The molecule has 0 spiro atoms. The first-order chi connectivity index (χ1) is 8.00. The molecule has 1 saturated heterocycles. The van der Waals surface area contributed by atoms with Gasteiger partial charge in [0.25, 0.3) is 0 Å². The Morgan fingerprint density at radius 2 is 1.94 bits per heavy atom. The van der Waals surface area contributed by atoms with Crippen LogP contribution in [0, 0.1) is 11.6 Å². The fraction of sp³-hybridized carbons (Fsp3) is 0.500. The molecule has 0 saturated carbocycles. The Morgan fingerprint density at radius 1 is 1.29 bits per heavy atom. The number of phenols is 1. The molecule has 0 aliphatic carbocycles. The van der Waals surface area contributed by atoms with E-state index in [2.05, 4.69) is 5.32 Å². The second kappa shape index (κ2) is 4.49. The minimum Gasteiger partial charge on any atom is -0.502 e. The summed E-state index contributed by atoms with van der Waals surface area (Å²) in [6.07, 6.45) is 1.45. The van der Waals surface area contributed by atoms with Gasteiger partial charge in [-0.05, 0) is 32.9 Å². The summed E-state index contributed by atoms with van der Waals surface area (Å²) in [5.41, 5.74) is -0.497. The molecule has 1 aromatic rings. The lowest BCUT2D eigenvalue weighted by molar-refractivity contribution is 0.0518. The van der Waals surface area contributed by atoms with Gasteiger partial charge in [-0.3, -0.25) is 0 Å². The van der Waals surface area contributed by atoms with Gasteiger partial charge in [0.15, 0.2) is 17.3 Å². The standard InChI is InChI=1S/C12H15F2NO2/c1-12(2-4-15-5-3-12)17-10-7-8(13)6-9(14)11(10)16/h6-7,15-16H,2-5H2,1H3. The monoisotopic (exact) mass is 243 g/mol. The van der Waals surface area contributed by atoms with Crippen molar-refractivity contribution in [2.75, 3.05) is 13.1 Å². The van der Waals surface area contributed by atoms with Crippen molar-refractivity contribution in [1.82, 2.24) is 5.32 Å². The molecule has 1 aromatic carbocycles. The van der Waals surface area contributed by atoms with Crippen LogP contribution >= 0.6 is 0 Å². The van der Waals surface area contributed by atoms with Gasteiger partial charge < -0.3 is 15.2 Å². The van der Waals surface area contributed by atoms with E-state index in [9.17, 15) is 13.9 Å². The minimum atomic E-state index is -1.00. The molecule has 0 bridgehead atoms. The first kappa shape index (κ1) is 12.1. The number of hydrogen-bond acceptors (Lipinski definition) is 3. The molecule has 94 valence electrons. The zero-order valence-corrected chi connectivity index (χ0v) is 9.59. The highest BCUT2D eigenvalue weighted by molar-refractivity contribution is 5.40. The third-order valence-electron chi connectivity index (χ3n) is 3.01. The quantitative estimate of drug-likeness (QED) is 0.836. The molecule has 0 radical (unpaired) electrons. The molecule has 1 fully saturated rings. The predicted octanol–water partition coefficient (Wildman–Crippen LogP) is 2.19. The van der Waals surface area contributed by atoms with Gasteiger partial charge in [0.1, 0.15) is 11.4 Å². The van der Waals surface area contributed by atoms with E-state index in [1.165, 1.54) is 0 Å². The Balaban J connectivity index is 2.23. The number of aromatic hydroxyl groups is 1. The minimum absolute atomic E-state index is 0.132. The number of piperidine rings is 1. The molecule has 2 N–H and O–H groups in total. The van der Waals surface area contributed by atoms with Crippen LogP contribution in [0.5, 0.6) is 11.5 Å². The van der Waals surface area contributed by atoms with Crippen LogP contribution in [0.25, 0.3) is 0 Å². The van der Waals surface area contributed by atoms with Crippen molar-refractivity contribution in [3.05, 3.63) is 23.8 Å². The van der Waals surface area contributed by atoms with E-state index in [-0.39, 0.29) is 5.75 Å². The number of halogens is 2. The summed E-state index contributed by atoms with van der Waals surface area (Å²) >= 11 is 0. The van der Waals surface area contributed by atoms with E-state index in [4.69, 9.17) is 4.74 Å². The molecule has 1 heterocycles. The van der Waals surface area contributed by atoms with Gasteiger partial charge in [0.2, 0.25) is 0 Å². The lowest BCUT2D eigenvalue weighted by atomic mass is 9.94. The zero-order chi connectivity index (χ0) is 12.5. The van der Waals surface area contributed by atoms with E-state index in [0.29, 0.717) is 6.07 Å². The SMILES string of the molecule is CC1(Oc2cc(F)cc(F)c2O)CCNCC1. The molecule has 0 unspecified atom stereocenters. The van der Waals surface area contributed by atoms with Crippen LogP contribution in [-0.4, -0.2) is 23.8 Å². The van der Waals surface area contributed by atoms with Crippen LogP contribution < -0.4 is 10.1 Å². The van der Waals surface area contributed by atoms with Crippen LogP contribution in [0.1, 0.15) is 19.8 Å². The first-order valence-electron chi connectivity index (χ1n) is 5.58. The van der Waals surface area contributed by atoms with E-state index >= 15 is 0 Å². The highest BCUT2D eigenvalue weighted by Gasteiger charge is 2.30. The normalized spacial score (nSPS) is 19.0. The van der Waals surface area contributed by atoms with E-state index in [1.807, 2.05) is 6.92 Å². The van der Waals surface area contributed by atoms with Crippen molar-refractivity contribution < 1.29 is 18.6 Å². The summed E-state index contributed by atoms with van der Waals surface area (Å²) in [5, 5.41) is 12.7. The number of ether oxygens (including phenoxy) is 1. The lowest BCUT2D eigenvalue weighted by Crippen LogP contribution is -2.43. The predicted molar refractivity (Wildman–Crippen MR) is 59.2 cm³/mol. The van der Waals surface area contributed by atoms with E-state index < -0.39 is 23.0 Å². The number of nitrogens with one attached hydrogen (secondary N) is 1. The van der Waals surface area contributed by atoms with Crippen LogP contribution in [0.2, 0.25) is 0 Å². The summed E-state index contributed by atoms with van der Waals surface area (Å²) in [6, 6.07) is 1.64. The van der Waals surface area contributed by atoms with Crippen LogP contribution in [0.3, 0.4) is 0 Å². The average molecular weight is 243 g/mol. The fourth-order valence-corrected chi connectivity index (χ4v) is 1.94. The average Bonchev–Trinajstić information content (AvgIpc) is 2.26. The Hall–Kier alpha value is -1.36. The topological polar surface area (TPSA) is 41.5 Å². The fourth-order valence-electron chi connectivity index (χ4n) is 1.94. The van der Waals surface area contributed by atoms with Gasteiger partial charge >= 0.3 is 0 Å². The second-order valence-corrected chi connectivity index (χ2v) is 4.54. The number of hydrogen-bond donors (Lipinski definition) is 2. The van der Waals surface area contributed by atoms with Crippen molar-refractivity contribution in [2.24, 2.45) is 0 Å². The summed E-state index contributed by atoms with van der Waals surface area (Å²) in [5.74, 6) is -2.52. The third kappa shape index (κ3) is 2.66. The maximum Gasteiger partial charge on any atom is 0.194 e. The van der Waals surface area contributed by atoms with Gasteiger partial charge in [0.05, 0.1) is 0 Å². The highest BCUT2D eigenvalue weighted by atomic mass is 19.1. The van der Waals surface area contributed by atoms with Crippen LogP contribution in [0.4, 0.5) is 8.78 Å². The van der Waals surface area contributed by atoms with Gasteiger partial charge in [0, 0.05) is 12.1 Å². The molecule has 0 atom stereocenters. The molecule has 3 nitrogen and oxygen atoms in total. The van der Waals surface area contributed by atoms with Crippen molar-refractivity contribution in [3.63, 3.8) is 0 Å². The Labute approximate surface area is 98.4 Å². The summed E-state index contributed by atoms with van der Waals surface area (Å²) in [6.45, 7) is 3.44. The third-order valence-corrected chi connectivity index (χ3v) is 3.01. The Morgan fingerprint density at radius 3 is 2.59 bits per heavy atom. The summed E-state index contributed by atoms with van der Waals surface area (Å²) in [4.78, 5) is 0. The van der Waals surface area contributed by atoms with Crippen LogP contribution in [0.15, 0.2) is 12.1 Å². The number of rotatable bonds is 2. The van der Waals surface area contributed by atoms with Crippen molar-refractivity contribution in [2.45, 2.75) is 25.4 Å². The maximum atomic E-state index is 13.1. The van der Waals surface area contributed by atoms with Gasteiger partial charge in [-0.2, -0.15) is 0 Å². The highest BCUT2D eigenvalue weighted by Crippen LogP contribution is 2.35. The van der Waals surface area contributed by atoms with Crippen LogP contribution in [-0.2, 0) is 0 Å². The lowest BCUT2D eigenvalue weighted by Gasteiger charge is -2.34. The molecule has 17 heavy (non-hydrogen) atoms. The van der Waals surface area contributed by atoms with E-state index in [0.717, 1.165) is 32.0 Å². The molecule has 1 aliphatic heterocycles. The Bertz CT molecular complexity index is 417. The molecule has 5 heteroatoms. The first-order valence-corrected chi connectivity index (χ1v) is 5.58. The molecular formula is C12H15F2NO2. The van der Waals surface area contributed by atoms with Crippen molar-refractivity contribution in [1.29, 1.82) is 0 Å². The second-order valence-electron chi connectivity index (χ2n) is 4.54. The molecule has 0 amide bonds. The summed E-state index contributed by atoms with van der Waals surface area (Å²) < 4.78 is 31.7.